The number of rotatable bonds is 4. The Morgan fingerprint density at radius 1 is 0.923 bits per heavy atom. The molecule has 2 aromatic rings. The van der Waals surface area contributed by atoms with Crippen LogP contribution in [-0.2, 0) is 20.8 Å². The van der Waals surface area contributed by atoms with E-state index in [9.17, 15) is 31.1 Å². The summed E-state index contributed by atoms with van der Waals surface area (Å²) in [6.07, 6.45) is -2.75. The van der Waals surface area contributed by atoms with E-state index in [-0.39, 0.29) is 17.4 Å². The number of hydrogen-bond acceptors (Lipinski definition) is 5. The molecule has 3 heterocycles. The van der Waals surface area contributed by atoms with Crippen molar-refractivity contribution in [2.24, 2.45) is 0 Å². The van der Waals surface area contributed by atoms with Gasteiger partial charge in [-0.2, -0.15) is 26.3 Å². The maximum Gasteiger partial charge on any atom is 0.490 e. The van der Waals surface area contributed by atoms with E-state index in [2.05, 4.69) is 57.7 Å². The maximum absolute atomic E-state index is 12.2. The van der Waals surface area contributed by atoms with E-state index in [1.165, 1.54) is 11.1 Å². The van der Waals surface area contributed by atoms with E-state index in [1.54, 1.807) is 0 Å². The highest BCUT2D eigenvalue weighted by Gasteiger charge is 2.48. The Balaban J connectivity index is 0.000000317. The number of aliphatic carboxylic acids is 2. The first-order chi connectivity index (χ1) is 18.1. The first-order valence-electron chi connectivity index (χ1n) is 11.7. The largest absolute Gasteiger partial charge is 0.490 e. The third kappa shape index (κ3) is 9.85. The Morgan fingerprint density at radius 3 is 1.87 bits per heavy atom. The van der Waals surface area contributed by atoms with E-state index in [0.29, 0.717) is 6.42 Å². The second-order valence-electron chi connectivity index (χ2n) is 8.92. The van der Waals surface area contributed by atoms with Gasteiger partial charge in [0.1, 0.15) is 0 Å². The summed E-state index contributed by atoms with van der Waals surface area (Å²) in [4.78, 5) is 36.6. The number of carbonyl (C=O) groups is 3. The lowest BCUT2D eigenvalue weighted by Crippen LogP contribution is -2.53. The zero-order chi connectivity index (χ0) is 29.3. The molecule has 1 amide bonds. The van der Waals surface area contributed by atoms with Gasteiger partial charge in [-0.3, -0.25) is 9.78 Å². The van der Waals surface area contributed by atoms with Crippen LogP contribution in [0.15, 0.2) is 54.9 Å². The number of nitrogens with one attached hydrogen (secondary N) is 1. The zero-order valence-electron chi connectivity index (χ0n) is 20.5. The van der Waals surface area contributed by atoms with E-state index in [0.717, 1.165) is 38.9 Å². The summed E-state index contributed by atoms with van der Waals surface area (Å²) < 4.78 is 63.5. The smallest absolute Gasteiger partial charge is 0.475 e. The van der Waals surface area contributed by atoms with Crippen molar-refractivity contribution in [2.45, 2.75) is 49.5 Å². The molecule has 0 aliphatic carbocycles. The fourth-order valence-corrected chi connectivity index (χ4v) is 4.41. The Labute approximate surface area is 219 Å². The Bertz CT molecular complexity index is 1060. The third-order valence-corrected chi connectivity index (χ3v) is 6.35. The van der Waals surface area contributed by atoms with Crippen LogP contribution in [0, 0.1) is 0 Å². The first-order valence-corrected chi connectivity index (χ1v) is 11.7. The quantitative estimate of drug-likeness (QED) is 0.481. The normalized spacial score (nSPS) is 18.7. The van der Waals surface area contributed by atoms with Crippen LogP contribution in [0.25, 0.3) is 0 Å². The Kier molecular flexibility index (Phi) is 10.8. The van der Waals surface area contributed by atoms with Crippen LogP contribution in [0.2, 0.25) is 0 Å². The number of carbonyl (C=O) groups excluding carboxylic acids is 1. The predicted molar refractivity (Wildman–Crippen MR) is 126 cm³/mol. The molecule has 2 fully saturated rings. The molecule has 0 bridgehead atoms. The second-order valence-corrected chi connectivity index (χ2v) is 8.92. The van der Waals surface area contributed by atoms with Crippen molar-refractivity contribution >= 4 is 17.8 Å². The van der Waals surface area contributed by atoms with E-state index < -0.39 is 24.3 Å². The maximum atomic E-state index is 12.2. The molecular formula is C25H27F6N3O5. The summed E-state index contributed by atoms with van der Waals surface area (Å²) in [6.45, 7) is 3.19. The highest BCUT2D eigenvalue weighted by Crippen LogP contribution is 2.42. The minimum absolute atomic E-state index is 0.0678. The molecule has 2 aliphatic heterocycles. The topological polar surface area (TPSA) is 120 Å². The van der Waals surface area contributed by atoms with Gasteiger partial charge in [0.05, 0.1) is 0 Å². The van der Waals surface area contributed by atoms with Gasteiger partial charge in [-0.15, -0.1) is 0 Å². The molecule has 8 nitrogen and oxygen atoms in total. The summed E-state index contributed by atoms with van der Waals surface area (Å²) in [6, 6.07) is 14.8. The van der Waals surface area contributed by atoms with Gasteiger partial charge < -0.3 is 20.4 Å². The molecule has 1 spiro atoms. The number of likely N-dealkylation sites (tertiary alicyclic amines) is 1. The fraction of sp³-hybridized carbons (Fsp3) is 0.440. The summed E-state index contributed by atoms with van der Waals surface area (Å²) in [5.41, 5.74) is 2.57. The third-order valence-electron chi connectivity index (χ3n) is 6.35. The molecule has 3 N–H and O–H groups in total. The highest BCUT2D eigenvalue weighted by molar-refractivity contribution is 5.81. The number of hydrogen-bond donors (Lipinski definition) is 3. The van der Waals surface area contributed by atoms with Crippen LogP contribution < -0.4 is 5.32 Å². The van der Waals surface area contributed by atoms with Crippen molar-refractivity contribution in [2.75, 3.05) is 19.6 Å². The number of alkyl halides is 6. The van der Waals surface area contributed by atoms with Gasteiger partial charge in [0, 0.05) is 49.9 Å². The molecule has 1 aromatic carbocycles. The van der Waals surface area contributed by atoms with Crippen molar-refractivity contribution in [3.63, 3.8) is 0 Å². The van der Waals surface area contributed by atoms with Gasteiger partial charge in [-0.25, -0.2) is 9.59 Å². The number of benzene rings is 1. The molecule has 14 heteroatoms. The molecule has 1 unspecified atom stereocenters. The molecule has 0 radical (unpaired) electrons. The number of pyridine rings is 1. The summed E-state index contributed by atoms with van der Waals surface area (Å²) in [5.74, 6) is -5.04. The van der Waals surface area contributed by atoms with E-state index >= 15 is 0 Å². The van der Waals surface area contributed by atoms with Crippen LogP contribution in [0.5, 0.6) is 0 Å². The molecule has 1 atom stereocenters. The molecule has 2 aliphatic rings. The standard InChI is InChI=1S/C21H25N3O.2C2HF3O2/c25-20-16-19(18-6-11-22-12-7-18)21(23-20)9-14-24(15-10-21)13-8-17-4-2-1-3-5-17;2*3-2(4,5)1(6)7/h1-7,11-12,19H,8-10,13-16H2,(H,23,25);2*(H,6,7). The SMILES string of the molecule is O=C(O)C(F)(F)F.O=C(O)C(F)(F)F.O=C1CC(c2ccncc2)C2(CCN(CCc3ccccc3)CC2)N1. The lowest BCUT2D eigenvalue weighted by molar-refractivity contribution is -0.193. The Morgan fingerprint density at radius 2 is 1.41 bits per heavy atom. The van der Waals surface area contributed by atoms with Crippen molar-refractivity contribution in [1.29, 1.82) is 0 Å². The van der Waals surface area contributed by atoms with E-state index in [4.69, 9.17) is 19.8 Å². The average Bonchev–Trinajstić information content (AvgIpc) is 3.20. The van der Waals surface area contributed by atoms with Gasteiger partial charge in [0.2, 0.25) is 5.91 Å². The Hall–Kier alpha value is -3.68. The summed E-state index contributed by atoms with van der Waals surface area (Å²) >= 11 is 0. The molecule has 214 valence electrons. The van der Waals surface area contributed by atoms with E-state index in [1.807, 2.05) is 12.4 Å². The number of amides is 1. The molecule has 2 saturated heterocycles. The molecule has 1 aromatic heterocycles. The minimum Gasteiger partial charge on any atom is -0.475 e. The summed E-state index contributed by atoms with van der Waals surface area (Å²) in [7, 11) is 0. The van der Waals surface area contributed by atoms with Gasteiger partial charge in [-0.1, -0.05) is 30.3 Å². The van der Waals surface area contributed by atoms with Crippen LogP contribution in [0.1, 0.15) is 36.3 Å². The number of carboxylic acids is 2. The first kappa shape index (κ1) is 31.5. The monoisotopic (exact) mass is 563 g/mol. The lowest BCUT2D eigenvalue weighted by atomic mass is 9.74. The zero-order valence-corrected chi connectivity index (χ0v) is 20.5. The van der Waals surface area contributed by atoms with Gasteiger partial charge in [0.25, 0.3) is 0 Å². The van der Waals surface area contributed by atoms with Gasteiger partial charge >= 0.3 is 24.3 Å². The number of nitrogens with zero attached hydrogens (tertiary/aromatic N) is 2. The lowest BCUT2D eigenvalue weighted by Gasteiger charge is -2.43. The molecule has 0 saturated carbocycles. The van der Waals surface area contributed by atoms with Crippen LogP contribution in [-0.4, -0.2) is 75.5 Å². The minimum atomic E-state index is -5.08. The molecule has 4 rings (SSSR count). The van der Waals surface area contributed by atoms with Crippen LogP contribution in [0.4, 0.5) is 26.3 Å². The highest BCUT2D eigenvalue weighted by atomic mass is 19.4. The number of carboxylic acid groups (broad SMARTS) is 2. The second kappa shape index (κ2) is 13.4. The predicted octanol–water partition coefficient (Wildman–Crippen LogP) is 4.03. The average molecular weight is 563 g/mol. The van der Waals surface area contributed by atoms with Crippen LogP contribution in [0.3, 0.4) is 0 Å². The molecular weight excluding hydrogens is 536 g/mol. The summed E-state index contributed by atoms with van der Waals surface area (Å²) in [5, 5.41) is 17.6. The van der Waals surface area contributed by atoms with Gasteiger partial charge in [-0.05, 0) is 42.5 Å². The number of aromatic nitrogens is 1. The van der Waals surface area contributed by atoms with Crippen molar-refractivity contribution in [1.82, 2.24) is 15.2 Å². The van der Waals surface area contributed by atoms with Crippen LogP contribution >= 0.6 is 0 Å². The number of halogens is 6. The van der Waals surface area contributed by atoms with Crippen molar-refractivity contribution < 1.29 is 50.9 Å². The van der Waals surface area contributed by atoms with Crippen molar-refractivity contribution in [3.8, 4) is 0 Å². The fourth-order valence-electron chi connectivity index (χ4n) is 4.41. The van der Waals surface area contributed by atoms with Gasteiger partial charge in [0.15, 0.2) is 0 Å². The van der Waals surface area contributed by atoms with Crippen molar-refractivity contribution in [3.05, 3.63) is 66.0 Å². The number of piperidine rings is 1. The molecule has 39 heavy (non-hydrogen) atoms.